The Bertz CT molecular complexity index is 250. The highest BCUT2D eigenvalue weighted by atomic mass is 15.1. The van der Waals surface area contributed by atoms with Gasteiger partial charge in [-0.25, -0.2) is 0 Å². The molecule has 19 heavy (non-hydrogen) atoms. The predicted octanol–water partition coefficient (Wildman–Crippen LogP) is 2.17. The quantitative estimate of drug-likeness (QED) is 0.744. The van der Waals surface area contributed by atoms with Crippen LogP contribution in [0.3, 0.4) is 0 Å². The molecule has 3 nitrogen and oxygen atoms in total. The van der Waals surface area contributed by atoms with Crippen LogP contribution in [0.1, 0.15) is 40.5 Å². The zero-order valence-electron chi connectivity index (χ0n) is 13.7. The number of rotatable bonds is 7. The van der Waals surface area contributed by atoms with Crippen molar-refractivity contribution in [2.45, 2.75) is 40.5 Å². The van der Waals surface area contributed by atoms with Gasteiger partial charge in [-0.05, 0) is 62.7 Å². The van der Waals surface area contributed by atoms with Gasteiger partial charge in [0.05, 0.1) is 0 Å². The van der Waals surface area contributed by atoms with Gasteiger partial charge in [-0.3, -0.25) is 0 Å². The molecule has 1 aliphatic heterocycles. The highest BCUT2D eigenvalue weighted by Gasteiger charge is 2.32. The molecule has 1 fully saturated rings. The molecule has 0 aromatic heterocycles. The summed E-state index contributed by atoms with van der Waals surface area (Å²) < 4.78 is 0. The Hall–Kier alpha value is -0.120. The maximum atomic E-state index is 5.84. The van der Waals surface area contributed by atoms with Gasteiger partial charge in [-0.2, -0.15) is 0 Å². The second-order valence-electron chi connectivity index (χ2n) is 7.46. The summed E-state index contributed by atoms with van der Waals surface area (Å²) in [5.74, 6) is 2.08. The number of nitrogens with two attached hydrogens (primary N) is 1. The zero-order valence-corrected chi connectivity index (χ0v) is 13.7. The average Bonchev–Trinajstić information content (AvgIpc) is 2.34. The molecular formula is C16H35N3. The Morgan fingerprint density at radius 3 is 2.58 bits per heavy atom. The standard InChI is InChI=1S/C16H35N3/c1-13(2)14(9-17)10-18-12-16(3,4)15-7-6-8-19(5)11-15/h13-15,18H,6-12,17H2,1-5H3. The lowest BCUT2D eigenvalue weighted by atomic mass is 9.74. The predicted molar refractivity (Wildman–Crippen MR) is 84.3 cm³/mol. The van der Waals surface area contributed by atoms with Gasteiger partial charge in [-0.1, -0.05) is 27.7 Å². The first-order valence-electron chi connectivity index (χ1n) is 7.96. The van der Waals surface area contributed by atoms with E-state index in [-0.39, 0.29) is 0 Å². The van der Waals surface area contributed by atoms with Crippen molar-refractivity contribution in [2.24, 2.45) is 28.9 Å². The van der Waals surface area contributed by atoms with Crippen LogP contribution in [0.5, 0.6) is 0 Å². The van der Waals surface area contributed by atoms with E-state index in [1.165, 1.54) is 25.9 Å². The lowest BCUT2D eigenvalue weighted by Crippen LogP contribution is -2.45. The van der Waals surface area contributed by atoms with E-state index >= 15 is 0 Å². The van der Waals surface area contributed by atoms with E-state index in [9.17, 15) is 0 Å². The molecule has 0 aromatic rings. The van der Waals surface area contributed by atoms with Crippen molar-refractivity contribution in [3.8, 4) is 0 Å². The number of nitrogens with zero attached hydrogens (tertiary/aromatic N) is 1. The number of piperidine rings is 1. The number of likely N-dealkylation sites (tertiary alicyclic amines) is 1. The summed E-state index contributed by atoms with van der Waals surface area (Å²) in [6, 6.07) is 0. The van der Waals surface area contributed by atoms with Crippen LogP contribution < -0.4 is 11.1 Å². The van der Waals surface area contributed by atoms with Crippen molar-refractivity contribution in [1.29, 1.82) is 0 Å². The maximum Gasteiger partial charge on any atom is 0.00122 e. The second-order valence-corrected chi connectivity index (χ2v) is 7.46. The molecule has 1 aliphatic rings. The van der Waals surface area contributed by atoms with Crippen LogP contribution in [0.25, 0.3) is 0 Å². The molecule has 0 bridgehead atoms. The Morgan fingerprint density at radius 1 is 1.37 bits per heavy atom. The van der Waals surface area contributed by atoms with E-state index in [2.05, 4.69) is 45.0 Å². The fourth-order valence-corrected chi connectivity index (χ4v) is 3.12. The van der Waals surface area contributed by atoms with E-state index in [1.807, 2.05) is 0 Å². The van der Waals surface area contributed by atoms with Gasteiger partial charge in [0.1, 0.15) is 0 Å². The highest BCUT2D eigenvalue weighted by molar-refractivity contribution is 4.85. The lowest BCUT2D eigenvalue weighted by molar-refractivity contribution is 0.101. The van der Waals surface area contributed by atoms with Crippen molar-refractivity contribution < 1.29 is 0 Å². The van der Waals surface area contributed by atoms with E-state index < -0.39 is 0 Å². The molecule has 0 aliphatic carbocycles. The largest absolute Gasteiger partial charge is 0.330 e. The molecule has 0 amide bonds. The zero-order chi connectivity index (χ0) is 14.5. The van der Waals surface area contributed by atoms with E-state index in [0.29, 0.717) is 17.3 Å². The Labute approximate surface area is 120 Å². The van der Waals surface area contributed by atoms with Crippen LogP contribution in [-0.4, -0.2) is 44.7 Å². The minimum absolute atomic E-state index is 0.380. The summed E-state index contributed by atoms with van der Waals surface area (Å²) in [4.78, 5) is 2.48. The fourth-order valence-electron chi connectivity index (χ4n) is 3.12. The smallest absolute Gasteiger partial charge is 0.00122 e. The Morgan fingerprint density at radius 2 is 2.05 bits per heavy atom. The Balaban J connectivity index is 2.37. The third-order valence-electron chi connectivity index (χ3n) is 4.96. The summed E-state index contributed by atoms with van der Waals surface area (Å²) >= 11 is 0. The molecule has 2 unspecified atom stereocenters. The molecule has 2 atom stereocenters. The first-order chi connectivity index (χ1) is 8.86. The minimum Gasteiger partial charge on any atom is -0.330 e. The molecular weight excluding hydrogens is 234 g/mol. The molecule has 0 spiro atoms. The molecule has 1 heterocycles. The topological polar surface area (TPSA) is 41.3 Å². The lowest BCUT2D eigenvalue weighted by Gasteiger charge is -2.41. The van der Waals surface area contributed by atoms with Crippen molar-refractivity contribution in [1.82, 2.24) is 10.2 Å². The second kappa shape index (κ2) is 7.61. The van der Waals surface area contributed by atoms with Gasteiger partial charge in [0, 0.05) is 13.1 Å². The normalized spacial score (nSPS) is 23.8. The maximum absolute atomic E-state index is 5.84. The SMILES string of the molecule is CC(C)C(CN)CNCC(C)(C)C1CCCN(C)C1. The molecule has 0 radical (unpaired) electrons. The van der Waals surface area contributed by atoms with Gasteiger partial charge < -0.3 is 16.0 Å². The van der Waals surface area contributed by atoms with Crippen LogP contribution in [-0.2, 0) is 0 Å². The summed E-state index contributed by atoms with van der Waals surface area (Å²) in [5.41, 5.74) is 6.22. The molecule has 1 rings (SSSR count). The number of nitrogens with one attached hydrogen (secondary N) is 1. The van der Waals surface area contributed by atoms with Crippen LogP contribution in [0.15, 0.2) is 0 Å². The highest BCUT2D eigenvalue weighted by Crippen LogP contribution is 2.33. The molecule has 3 heteroatoms. The third kappa shape index (κ3) is 5.41. The van der Waals surface area contributed by atoms with Gasteiger partial charge in [0.25, 0.3) is 0 Å². The molecule has 114 valence electrons. The first-order valence-corrected chi connectivity index (χ1v) is 7.96. The third-order valence-corrected chi connectivity index (χ3v) is 4.96. The first kappa shape index (κ1) is 16.9. The van der Waals surface area contributed by atoms with Crippen LogP contribution in [0.4, 0.5) is 0 Å². The van der Waals surface area contributed by atoms with Gasteiger partial charge in [-0.15, -0.1) is 0 Å². The summed E-state index contributed by atoms with van der Waals surface area (Å²) in [6.45, 7) is 14.8. The van der Waals surface area contributed by atoms with E-state index in [0.717, 1.165) is 25.6 Å². The van der Waals surface area contributed by atoms with Gasteiger partial charge in [0.15, 0.2) is 0 Å². The number of hydrogen-bond donors (Lipinski definition) is 2. The monoisotopic (exact) mass is 269 g/mol. The Kier molecular flexibility index (Phi) is 6.78. The van der Waals surface area contributed by atoms with Gasteiger partial charge in [0.2, 0.25) is 0 Å². The molecule has 0 saturated carbocycles. The molecule has 1 saturated heterocycles. The van der Waals surface area contributed by atoms with Gasteiger partial charge >= 0.3 is 0 Å². The van der Waals surface area contributed by atoms with Crippen molar-refractivity contribution in [2.75, 3.05) is 39.8 Å². The summed E-state index contributed by atoms with van der Waals surface area (Å²) in [6.07, 6.45) is 2.73. The molecule has 3 N–H and O–H groups in total. The fraction of sp³-hybridized carbons (Fsp3) is 1.00. The van der Waals surface area contributed by atoms with E-state index in [1.54, 1.807) is 0 Å². The number of hydrogen-bond acceptors (Lipinski definition) is 3. The van der Waals surface area contributed by atoms with Crippen molar-refractivity contribution in [3.05, 3.63) is 0 Å². The summed E-state index contributed by atoms with van der Waals surface area (Å²) in [5, 5.41) is 3.67. The van der Waals surface area contributed by atoms with Crippen LogP contribution in [0.2, 0.25) is 0 Å². The molecule has 0 aromatic carbocycles. The van der Waals surface area contributed by atoms with Crippen molar-refractivity contribution in [3.63, 3.8) is 0 Å². The van der Waals surface area contributed by atoms with E-state index in [4.69, 9.17) is 5.73 Å². The van der Waals surface area contributed by atoms with Crippen LogP contribution in [0, 0.1) is 23.2 Å². The summed E-state index contributed by atoms with van der Waals surface area (Å²) in [7, 11) is 2.25. The van der Waals surface area contributed by atoms with Crippen molar-refractivity contribution >= 4 is 0 Å². The minimum atomic E-state index is 0.380. The van der Waals surface area contributed by atoms with Crippen LogP contribution >= 0.6 is 0 Å². The average molecular weight is 269 g/mol.